The molecule has 0 spiro atoms. The maximum absolute atomic E-state index is 13.0. The topological polar surface area (TPSA) is 78.6 Å². The summed E-state index contributed by atoms with van der Waals surface area (Å²) in [5, 5.41) is 0.461. The molecular weight excluding hydrogens is 358 g/mol. The van der Waals surface area contributed by atoms with Gasteiger partial charge >= 0.3 is 5.97 Å². The van der Waals surface area contributed by atoms with Crippen LogP contribution < -0.4 is 10.2 Å². The molecule has 0 bridgehead atoms. The lowest BCUT2D eigenvalue weighted by Crippen LogP contribution is -2.26. The van der Waals surface area contributed by atoms with E-state index >= 15 is 0 Å². The van der Waals surface area contributed by atoms with E-state index in [4.69, 9.17) is 13.9 Å². The minimum absolute atomic E-state index is 0.151. The van der Waals surface area contributed by atoms with Gasteiger partial charge in [0.1, 0.15) is 17.6 Å². The summed E-state index contributed by atoms with van der Waals surface area (Å²) in [5.74, 6) is 0.0839. The van der Waals surface area contributed by atoms with E-state index in [0.717, 1.165) is 12.0 Å². The van der Waals surface area contributed by atoms with E-state index in [1.165, 1.54) is 6.26 Å². The molecule has 0 fully saturated rings. The van der Waals surface area contributed by atoms with E-state index < -0.39 is 12.1 Å². The lowest BCUT2D eigenvalue weighted by molar-refractivity contribution is -0.150. The number of carbonyl (C=O) groups excluding carboxylic acids is 1. The number of aromatic nitrogens is 1. The van der Waals surface area contributed by atoms with Crippen LogP contribution in [0.2, 0.25) is 0 Å². The Morgan fingerprint density at radius 3 is 2.75 bits per heavy atom. The Kier molecular flexibility index (Phi) is 6.09. The molecular formula is C22H23NO5. The summed E-state index contributed by atoms with van der Waals surface area (Å²) in [6, 6.07) is 8.83. The van der Waals surface area contributed by atoms with Crippen LogP contribution in [0.1, 0.15) is 32.8 Å². The van der Waals surface area contributed by atoms with Crippen molar-refractivity contribution in [2.24, 2.45) is 0 Å². The smallest absolute Gasteiger partial charge is 0.347 e. The highest BCUT2D eigenvalue weighted by atomic mass is 16.6. The number of fused-ring (bicyclic) bond motifs is 1. The largest absolute Gasteiger partial charge is 0.479 e. The second-order valence-electron chi connectivity index (χ2n) is 6.41. The molecule has 6 heteroatoms. The SMILES string of the molecule is CCCc1cc2c(=O)c(-c3ccccn3)coc2cc1O[C@@H](C)C(=O)OCC. The van der Waals surface area contributed by atoms with E-state index in [1.807, 2.05) is 13.0 Å². The lowest BCUT2D eigenvalue weighted by atomic mass is 10.0. The molecule has 0 aliphatic rings. The first-order valence-corrected chi connectivity index (χ1v) is 9.38. The normalized spacial score (nSPS) is 12.0. The molecule has 0 aliphatic carbocycles. The van der Waals surface area contributed by atoms with E-state index in [0.29, 0.717) is 34.4 Å². The van der Waals surface area contributed by atoms with E-state index in [-0.39, 0.29) is 12.0 Å². The highest BCUT2D eigenvalue weighted by Gasteiger charge is 2.19. The second-order valence-corrected chi connectivity index (χ2v) is 6.41. The van der Waals surface area contributed by atoms with E-state index in [2.05, 4.69) is 4.98 Å². The molecule has 0 unspecified atom stereocenters. The second kappa shape index (κ2) is 8.69. The minimum atomic E-state index is -0.757. The van der Waals surface area contributed by atoms with Crippen LogP contribution in [0.15, 0.2) is 52.0 Å². The third kappa shape index (κ3) is 4.06. The van der Waals surface area contributed by atoms with Crippen molar-refractivity contribution < 1.29 is 18.7 Å². The molecule has 2 heterocycles. The molecule has 146 valence electrons. The number of hydrogen-bond acceptors (Lipinski definition) is 6. The van der Waals surface area contributed by atoms with Crippen molar-refractivity contribution in [1.82, 2.24) is 4.98 Å². The van der Waals surface area contributed by atoms with Crippen LogP contribution in [0.3, 0.4) is 0 Å². The Labute approximate surface area is 163 Å². The molecule has 0 aliphatic heterocycles. The van der Waals surface area contributed by atoms with Gasteiger partial charge in [-0.1, -0.05) is 19.4 Å². The van der Waals surface area contributed by atoms with Crippen LogP contribution in [0.25, 0.3) is 22.2 Å². The maximum Gasteiger partial charge on any atom is 0.347 e. The van der Waals surface area contributed by atoms with Crippen molar-refractivity contribution in [3.63, 3.8) is 0 Å². The summed E-state index contributed by atoms with van der Waals surface area (Å²) in [4.78, 5) is 29.1. The number of nitrogens with zero attached hydrogens (tertiary/aromatic N) is 1. The number of aryl methyl sites for hydroxylation is 1. The van der Waals surface area contributed by atoms with E-state index in [1.54, 1.807) is 44.3 Å². The maximum atomic E-state index is 13.0. The van der Waals surface area contributed by atoms with Gasteiger partial charge in [0.2, 0.25) is 5.43 Å². The summed E-state index contributed by atoms with van der Waals surface area (Å²) in [5.41, 5.74) is 2.06. The number of esters is 1. The molecule has 0 saturated heterocycles. The zero-order chi connectivity index (χ0) is 20.1. The summed E-state index contributed by atoms with van der Waals surface area (Å²) in [6.45, 7) is 5.71. The van der Waals surface area contributed by atoms with Gasteiger partial charge in [-0.05, 0) is 44.0 Å². The van der Waals surface area contributed by atoms with Crippen LogP contribution in [-0.2, 0) is 16.0 Å². The monoisotopic (exact) mass is 381 g/mol. The standard InChI is InChI=1S/C22H23NO5/c1-4-8-15-11-16-20(12-19(15)28-14(3)22(25)26-5-2)27-13-17(21(16)24)18-9-6-7-10-23-18/h6-7,9-14H,4-5,8H2,1-3H3/t14-/m0/s1. The Bertz CT molecular complexity index is 1030. The molecule has 0 amide bonds. The van der Waals surface area contributed by atoms with E-state index in [9.17, 15) is 9.59 Å². The number of pyridine rings is 1. The molecule has 2 aromatic heterocycles. The van der Waals surface area contributed by atoms with Crippen molar-refractivity contribution in [3.05, 3.63) is 58.6 Å². The first-order valence-electron chi connectivity index (χ1n) is 9.38. The van der Waals surface area contributed by atoms with Crippen molar-refractivity contribution in [3.8, 4) is 17.0 Å². The number of rotatable bonds is 7. The minimum Gasteiger partial charge on any atom is -0.479 e. The van der Waals surface area contributed by atoms with Crippen molar-refractivity contribution in [2.45, 2.75) is 39.7 Å². The van der Waals surface area contributed by atoms with Crippen molar-refractivity contribution >= 4 is 16.9 Å². The molecule has 0 saturated carbocycles. The molecule has 6 nitrogen and oxygen atoms in total. The Hall–Kier alpha value is -3.15. The molecule has 3 aromatic rings. The fourth-order valence-electron chi connectivity index (χ4n) is 2.97. The van der Waals surface area contributed by atoms with Gasteiger partial charge in [0.25, 0.3) is 0 Å². The number of ether oxygens (including phenoxy) is 2. The first kappa shape index (κ1) is 19.6. The zero-order valence-corrected chi connectivity index (χ0v) is 16.2. The molecule has 1 atom stereocenters. The third-order valence-electron chi connectivity index (χ3n) is 4.34. The van der Waals surface area contributed by atoms with Gasteiger partial charge in [0, 0.05) is 12.3 Å². The molecule has 0 radical (unpaired) electrons. The Balaban J connectivity index is 2.06. The molecule has 1 aromatic carbocycles. The summed E-state index contributed by atoms with van der Waals surface area (Å²) >= 11 is 0. The Morgan fingerprint density at radius 2 is 2.07 bits per heavy atom. The van der Waals surface area contributed by atoms with Crippen LogP contribution >= 0.6 is 0 Å². The molecule has 0 N–H and O–H groups in total. The highest BCUT2D eigenvalue weighted by Crippen LogP contribution is 2.28. The van der Waals surface area contributed by atoms with Crippen LogP contribution in [-0.4, -0.2) is 23.7 Å². The fourth-order valence-corrected chi connectivity index (χ4v) is 2.97. The average molecular weight is 381 g/mol. The summed E-state index contributed by atoms with van der Waals surface area (Å²) in [7, 11) is 0. The van der Waals surface area contributed by atoms with Crippen LogP contribution in [0.5, 0.6) is 5.75 Å². The third-order valence-corrected chi connectivity index (χ3v) is 4.34. The van der Waals surface area contributed by atoms with Gasteiger partial charge in [-0.15, -0.1) is 0 Å². The van der Waals surface area contributed by atoms with Gasteiger partial charge in [0.05, 0.1) is 23.3 Å². The fraction of sp³-hybridized carbons (Fsp3) is 0.318. The zero-order valence-electron chi connectivity index (χ0n) is 16.2. The predicted octanol–water partition coefficient (Wildman–Crippen LogP) is 4.14. The quantitative estimate of drug-likeness (QED) is 0.573. The number of carbonyl (C=O) groups is 1. The van der Waals surface area contributed by atoms with Gasteiger partial charge in [-0.25, -0.2) is 4.79 Å². The molecule has 28 heavy (non-hydrogen) atoms. The average Bonchev–Trinajstić information content (AvgIpc) is 2.70. The van der Waals surface area contributed by atoms with Crippen LogP contribution in [0.4, 0.5) is 0 Å². The lowest BCUT2D eigenvalue weighted by Gasteiger charge is -2.17. The number of benzene rings is 1. The highest BCUT2D eigenvalue weighted by molar-refractivity contribution is 5.83. The number of hydrogen-bond donors (Lipinski definition) is 0. The van der Waals surface area contributed by atoms with Gasteiger partial charge in [-0.3, -0.25) is 9.78 Å². The Morgan fingerprint density at radius 1 is 1.25 bits per heavy atom. The summed E-state index contributed by atoms with van der Waals surface area (Å²) < 4.78 is 16.5. The molecule has 3 rings (SSSR count). The predicted molar refractivity (Wildman–Crippen MR) is 106 cm³/mol. The first-order chi connectivity index (χ1) is 13.5. The summed E-state index contributed by atoms with van der Waals surface area (Å²) in [6.07, 6.45) is 3.85. The van der Waals surface area contributed by atoms with Gasteiger partial charge < -0.3 is 13.9 Å². The van der Waals surface area contributed by atoms with Gasteiger partial charge in [-0.2, -0.15) is 0 Å². The van der Waals surface area contributed by atoms with Crippen molar-refractivity contribution in [1.29, 1.82) is 0 Å². The van der Waals surface area contributed by atoms with Crippen molar-refractivity contribution in [2.75, 3.05) is 6.61 Å². The van der Waals surface area contributed by atoms with Crippen LogP contribution in [0, 0.1) is 0 Å². The van der Waals surface area contributed by atoms with Gasteiger partial charge in [0.15, 0.2) is 6.10 Å².